The fourth-order valence-corrected chi connectivity index (χ4v) is 15.7. The van der Waals surface area contributed by atoms with Gasteiger partial charge in [0.2, 0.25) is 0 Å². The summed E-state index contributed by atoms with van der Waals surface area (Å²) >= 11 is 3.35. The minimum Gasteiger partial charge on any atom is -0.478 e. The third-order valence-electron chi connectivity index (χ3n) is 20.1. The molecule has 5 aromatic carbocycles. The number of carbonyl (C=O) groups is 4. The van der Waals surface area contributed by atoms with Gasteiger partial charge in [-0.25, -0.2) is 9.59 Å². The minimum absolute atomic E-state index is 0.0374. The molecule has 5 aromatic heterocycles. The number of nitrogens with two attached hydrogens (primary N) is 1. The van der Waals surface area contributed by atoms with Crippen LogP contribution in [0.25, 0.3) is 53.6 Å². The monoisotopic (exact) mass is 1380 g/mol. The van der Waals surface area contributed by atoms with Gasteiger partial charge in [-0.2, -0.15) is 0 Å². The van der Waals surface area contributed by atoms with Gasteiger partial charge < -0.3 is 43.5 Å². The molecule has 4 N–H and O–H groups in total. The number of hydrogen-bond acceptors (Lipinski definition) is 14. The molecule has 6 aliphatic rings. The van der Waals surface area contributed by atoms with Gasteiger partial charge in [0.25, 0.3) is 0 Å². The number of amides is 1. The number of nitrogen functional groups attached to an aromatic ring is 1. The molecule has 3 aliphatic carbocycles. The van der Waals surface area contributed by atoms with Gasteiger partial charge in [-0.05, 0) is 218 Å². The van der Waals surface area contributed by atoms with Crippen molar-refractivity contribution in [1.82, 2.24) is 28.4 Å². The summed E-state index contributed by atoms with van der Waals surface area (Å²) in [7, 11) is 0. The number of nitrogens with one attached hydrogen (secondary N) is 1. The Bertz CT molecular complexity index is 4530. The molecule has 16 rings (SSSR count). The number of thiophene rings is 2. The number of aromatic nitrogens is 3. The van der Waals surface area contributed by atoms with Crippen LogP contribution in [0.15, 0.2) is 145 Å². The molecule has 10 aromatic rings. The average Bonchev–Trinajstić information content (AvgIpc) is 1.62. The second-order valence-electron chi connectivity index (χ2n) is 28.6. The molecule has 0 radical (unpaired) electrons. The zero-order valence-corrected chi connectivity index (χ0v) is 59.4. The number of carbonyl (C=O) groups excluding carboxylic acids is 3. The van der Waals surface area contributed by atoms with Crippen molar-refractivity contribution >= 4 is 90.4 Å². The lowest BCUT2D eigenvalue weighted by Gasteiger charge is -2.26. The number of hydrogen-bond donors (Lipinski definition) is 3. The Morgan fingerprint density at radius 2 is 0.890 bits per heavy atom. The molecule has 0 unspecified atom stereocenters. The van der Waals surface area contributed by atoms with Gasteiger partial charge >= 0.3 is 12.1 Å². The van der Waals surface area contributed by atoms with Crippen LogP contribution in [0.5, 0.6) is 0 Å². The predicted molar refractivity (Wildman–Crippen MR) is 400 cm³/mol. The summed E-state index contributed by atoms with van der Waals surface area (Å²) in [6.45, 7) is 22.2. The van der Waals surface area contributed by atoms with E-state index >= 15 is 0 Å². The van der Waals surface area contributed by atoms with Gasteiger partial charge in [0.15, 0.2) is 11.6 Å². The third kappa shape index (κ3) is 17.0. The first kappa shape index (κ1) is 68.9. The van der Waals surface area contributed by atoms with Crippen molar-refractivity contribution in [3.8, 4) is 20.9 Å². The zero-order chi connectivity index (χ0) is 68.9. The number of ketones is 2. The lowest BCUT2D eigenvalue weighted by atomic mass is 9.95. The number of carboxylic acid groups (broad SMARTS) is 1. The largest absolute Gasteiger partial charge is 0.478 e. The zero-order valence-electron chi connectivity index (χ0n) is 57.8. The first-order chi connectivity index (χ1) is 48.6. The van der Waals surface area contributed by atoms with E-state index in [0.717, 1.165) is 180 Å². The molecule has 6 fully saturated rings. The van der Waals surface area contributed by atoms with Crippen LogP contribution in [0.2, 0.25) is 0 Å². The number of anilines is 2. The van der Waals surface area contributed by atoms with E-state index in [1.807, 2.05) is 86.8 Å². The molecular weight excluding hydrogens is 1290 g/mol. The first-order valence-electron chi connectivity index (χ1n) is 35.8. The molecule has 17 nitrogen and oxygen atoms in total. The van der Waals surface area contributed by atoms with E-state index in [0.29, 0.717) is 41.1 Å². The van der Waals surface area contributed by atoms with E-state index < -0.39 is 17.7 Å². The van der Waals surface area contributed by atoms with E-state index in [4.69, 9.17) is 24.7 Å². The van der Waals surface area contributed by atoms with Crippen LogP contribution < -0.4 is 11.1 Å². The second-order valence-corrected chi connectivity index (χ2v) is 30.5. The number of Topliss-reactive ketones (excluding diaryl/α,β-unsaturated/α-hetero) is 2. The maximum absolute atomic E-state index is 13.9. The predicted octanol–water partition coefficient (Wildman–Crippen LogP) is 15.5. The lowest BCUT2D eigenvalue weighted by molar-refractivity contribution is 0.0365. The highest BCUT2D eigenvalue weighted by molar-refractivity contribution is 7.13. The molecule has 0 bridgehead atoms. The van der Waals surface area contributed by atoms with Gasteiger partial charge in [0.1, 0.15) is 5.60 Å². The van der Waals surface area contributed by atoms with Crippen molar-refractivity contribution in [2.24, 2.45) is 0 Å². The topological polar surface area (TPSA) is 188 Å². The van der Waals surface area contributed by atoms with Crippen molar-refractivity contribution in [3.05, 3.63) is 189 Å². The summed E-state index contributed by atoms with van der Waals surface area (Å²) in [6, 6.07) is 38.5. The van der Waals surface area contributed by atoms with Crippen molar-refractivity contribution in [3.63, 3.8) is 0 Å². The number of ether oxygens (including phenoxy) is 4. The molecule has 3 saturated heterocycles. The molecule has 0 atom stereocenters. The van der Waals surface area contributed by atoms with Crippen LogP contribution in [-0.4, -0.2) is 161 Å². The molecule has 522 valence electrons. The molecule has 8 heterocycles. The number of fused-ring (bicyclic) bond motifs is 3. The Labute approximate surface area is 593 Å². The Hall–Kier alpha value is -8.24. The Morgan fingerprint density at radius 1 is 0.500 bits per heavy atom. The summed E-state index contributed by atoms with van der Waals surface area (Å²) in [5, 5.41) is 19.6. The SMILES string of the molecule is CC(C)(C)OC(=O)Nc1ccc(-c2cccs2)cc1CC(=O)c1cc(C2CC2)c2c(ccn2CCN2CCOCC2)c1.Nc1ccc(-c2cccs2)cc1CC(=O)c1cc(C2CC2)c2c(ccn2CCN2CCOCC2)c1.O=C(O)c1cc(C2CC2)c2c(ccn2CCN2CCOCC2)c1. The lowest BCUT2D eigenvalue weighted by Crippen LogP contribution is -2.38. The van der Waals surface area contributed by atoms with Crippen LogP contribution in [0.4, 0.5) is 16.2 Å². The van der Waals surface area contributed by atoms with Crippen LogP contribution in [0.3, 0.4) is 0 Å². The minimum atomic E-state index is -0.838. The third-order valence-corrected chi connectivity index (χ3v) is 21.9. The Morgan fingerprint density at radius 3 is 1.28 bits per heavy atom. The maximum atomic E-state index is 13.9. The summed E-state index contributed by atoms with van der Waals surface area (Å²) in [4.78, 5) is 61.0. The van der Waals surface area contributed by atoms with E-state index in [1.165, 1.54) is 69.2 Å². The smallest absolute Gasteiger partial charge is 0.412 e. The average molecular weight is 1390 g/mol. The van der Waals surface area contributed by atoms with E-state index in [1.54, 1.807) is 28.7 Å². The molecular formula is C81H92N8O9S2. The molecule has 3 saturated carbocycles. The highest BCUT2D eigenvalue weighted by atomic mass is 32.1. The Kier molecular flexibility index (Phi) is 21.3. The van der Waals surface area contributed by atoms with Crippen molar-refractivity contribution in [2.75, 3.05) is 110 Å². The maximum Gasteiger partial charge on any atom is 0.412 e. The number of morpholine rings is 3. The molecule has 3 aliphatic heterocycles. The van der Waals surface area contributed by atoms with E-state index in [2.05, 4.69) is 106 Å². The van der Waals surface area contributed by atoms with Gasteiger partial charge in [-0.3, -0.25) is 29.6 Å². The molecule has 0 spiro atoms. The van der Waals surface area contributed by atoms with Gasteiger partial charge in [0.05, 0.1) is 61.8 Å². The number of carboxylic acids is 1. The van der Waals surface area contributed by atoms with Crippen molar-refractivity contribution in [2.45, 2.75) is 115 Å². The second kappa shape index (κ2) is 30.9. The number of rotatable bonds is 22. The van der Waals surface area contributed by atoms with Crippen LogP contribution in [-0.2, 0) is 51.4 Å². The summed E-state index contributed by atoms with van der Waals surface area (Å²) < 4.78 is 28.9. The molecule has 19 heteroatoms. The fourth-order valence-electron chi connectivity index (χ4n) is 14.3. The number of aromatic carboxylic acids is 1. The summed E-state index contributed by atoms with van der Waals surface area (Å²) in [6.07, 6.45) is 13.5. The van der Waals surface area contributed by atoms with Gasteiger partial charge in [0, 0.05) is 158 Å². The van der Waals surface area contributed by atoms with Gasteiger partial charge in [-0.1, -0.05) is 24.3 Å². The van der Waals surface area contributed by atoms with Crippen LogP contribution in [0, 0.1) is 0 Å². The normalized spacial score (nSPS) is 17.0. The van der Waals surface area contributed by atoms with Crippen LogP contribution in [0.1, 0.15) is 136 Å². The van der Waals surface area contributed by atoms with E-state index in [9.17, 15) is 24.3 Å². The summed E-state index contributed by atoms with van der Waals surface area (Å²) in [5.74, 6) is 0.933. The van der Waals surface area contributed by atoms with Crippen LogP contribution >= 0.6 is 22.7 Å². The standard InChI is InChI=1S/C34H39N3O4S.C29H31N3O2S.C18H22N2O3/c1-34(2,3)41-33(39)35-29-9-8-24(31-5-4-18-42-31)19-26(29)22-30(38)27-20-25-10-11-37(13-12-36-14-16-40-17-15-36)32(25)28(21-27)23-6-7-23;30-26-6-5-21(28-2-1-15-35-28)16-23(26)19-27(33)24-17-22-7-8-32(10-9-31-11-13-34-14-12-31)29(22)25(18-24)20-3-4-20;21-18(22)15-11-14-3-4-20(6-5-19-7-9-23-10-8-19)17(14)16(12-15)13-1-2-13/h4-5,8-11,18-21,23H,6-7,12-17,22H2,1-3H3,(H,35,39);1-2,5-8,15-18,20H,3-4,9-14,19,30H2;3-4,11-13H,1-2,5-10H2,(H,21,22). The van der Waals surface area contributed by atoms with Crippen molar-refractivity contribution < 1.29 is 43.2 Å². The highest BCUT2D eigenvalue weighted by Gasteiger charge is 2.32. The fraction of sp³-hybridized carbons (Fsp3) is 0.407. The number of benzene rings is 5. The van der Waals surface area contributed by atoms with Gasteiger partial charge in [-0.15, -0.1) is 22.7 Å². The van der Waals surface area contributed by atoms with E-state index in [-0.39, 0.29) is 18.0 Å². The first-order valence-corrected chi connectivity index (χ1v) is 37.5. The highest BCUT2D eigenvalue weighted by Crippen LogP contribution is 2.47. The Balaban J connectivity index is 0.000000133. The number of nitrogens with zero attached hydrogens (tertiary/aromatic N) is 6. The molecule has 1 amide bonds. The summed E-state index contributed by atoms with van der Waals surface area (Å²) in [5.41, 5.74) is 20.3. The quantitative estimate of drug-likeness (QED) is 0.0430. The molecule has 100 heavy (non-hydrogen) atoms. The van der Waals surface area contributed by atoms with Crippen molar-refractivity contribution in [1.29, 1.82) is 0 Å².